The summed E-state index contributed by atoms with van der Waals surface area (Å²) < 4.78 is 23.1. The molecule has 1 aliphatic rings. The number of nitrogens with zero attached hydrogens (tertiary/aromatic N) is 2. The van der Waals surface area contributed by atoms with Crippen LogP contribution in [0.25, 0.3) is 0 Å². The fourth-order valence-corrected chi connectivity index (χ4v) is 3.22. The maximum Gasteiger partial charge on any atom is 0.253 e. The maximum atomic E-state index is 12.5. The molecular formula is C15H22N2O4S. The Morgan fingerprint density at radius 3 is 2.45 bits per heavy atom. The van der Waals surface area contributed by atoms with Gasteiger partial charge >= 0.3 is 0 Å². The fourth-order valence-electron chi connectivity index (χ4n) is 2.55. The van der Waals surface area contributed by atoms with Crippen LogP contribution in [0.2, 0.25) is 0 Å². The second-order valence-electron chi connectivity index (χ2n) is 5.74. The molecule has 0 saturated carbocycles. The monoisotopic (exact) mass is 326 g/mol. The Morgan fingerprint density at radius 1 is 1.27 bits per heavy atom. The second-order valence-corrected chi connectivity index (χ2v) is 7.76. The molecule has 7 heteroatoms. The lowest BCUT2D eigenvalue weighted by Gasteiger charge is -2.35. The standard InChI is InChI=1S/C15H22N2O4S/c1-12(18)11-16-6-8-17(9-7-16)15(19)13-4-3-5-14(10-13)22(2,20)21/h3-5,10,12,18H,6-9,11H2,1-2H3/t12-/m1/s1. The van der Waals surface area contributed by atoms with Gasteiger partial charge in [-0.15, -0.1) is 0 Å². The first kappa shape index (κ1) is 16.9. The van der Waals surface area contributed by atoms with Gasteiger partial charge in [-0.1, -0.05) is 6.07 Å². The van der Waals surface area contributed by atoms with Crippen molar-refractivity contribution in [2.24, 2.45) is 0 Å². The zero-order valence-corrected chi connectivity index (χ0v) is 13.7. The Morgan fingerprint density at radius 2 is 1.91 bits per heavy atom. The van der Waals surface area contributed by atoms with Gasteiger partial charge in [-0.25, -0.2) is 8.42 Å². The van der Waals surface area contributed by atoms with Gasteiger partial charge in [0.1, 0.15) is 0 Å². The number of β-amino-alcohol motifs (C(OH)–C–C–N with tert-alkyl or cyclic N) is 1. The number of amides is 1. The van der Waals surface area contributed by atoms with Gasteiger partial charge in [0.05, 0.1) is 11.0 Å². The third-order valence-corrected chi connectivity index (χ3v) is 4.80. The highest BCUT2D eigenvalue weighted by atomic mass is 32.2. The lowest BCUT2D eigenvalue weighted by molar-refractivity contribution is 0.0554. The van der Waals surface area contributed by atoms with Crippen molar-refractivity contribution in [1.29, 1.82) is 0 Å². The highest BCUT2D eigenvalue weighted by Crippen LogP contribution is 2.14. The lowest BCUT2D eigenvalue weighted by Crippen LogP contribution is -2.50. The lowest BCUT2D eigenvalue weighted by atomic mass is 10.2. The van der Waals surface area contributed by atoms with E-state index >= 15 is 0 Å². The number of piperazine rings is 1. The topological polar surface area (TPSA) is 77.9 Å². The summed E-state index contributed by atoms with van der Waals surface area (Å²) in [5.41, 5.74) is 0.395. The minimum Gasteiger partial charge on any atom is -0.392 e. The fraction of sp³-hybridized carbons (Fsp3) is 0.533. The van der Waals surface area contributed by atoms with E-state index in [4.69, 9.17) is 0 Å². The molecule has 1 aromatic rings. The summed E-state index contributed by atoms with van der Waals surface area (Å²) in [7, 11) is -3.32. The van der Waals surface area contributed by atoms with Crippen LogP contribution in [0.1, 0.15) is 17.3 Å². The SMILES string of the molecule is C[C@@H](O)CN1CCN(C(=O)c2cccc(S(C)(=O)=O)c2)CC1. The Balaban J connectivity index is 2.04. The van der Waals surface area contributed by atoms with Crippen molar-refractivity contribution in [3.8, 4) is 0 Å². The minimum absolute atomic E-state index is 0.151. The number of rotatable bonds is 4. The number of carbonyl (C=O) groups excluding carboxylic acids is 1. The highest BCUT2D eigenvalue weighted by Gasteiger charge is 2.23. The van der Waals surface area contributed by atoms with Crippen molar-refractivity contribution in [3.05, 3.63) is 29.8 Å². The first-order chi connectivity index (χ1) is 10.3. The number of aliphatic hydroxyl groups is 1. The largest absolute Gasteiger partial charge is 0.392 e. The van der Waals surface area contributed by atoms with Crippen molar-refractivity contribution in [2.75, 3.05) is 39.0 Å². The first-order valence-electron chi connectivity index (χ1n) is 7.27. The quantitative estimate of drug-likeness (QED) is 0.857. The molecule has 0 aromatic heterocycles. The Hall–Kier alpha value is -1.44. The van der Waals surface area contributed by atoms with E-state index in [1.807, 2.05) is 0 Å². The van der Waals surface area contributed by atoms with Gasteiger partial charge in [0.15, 0.2) is 9.84 Å². The smallest absolute Gasteiger partial charge is 0.253 e. The molecule has 0 bridgehead atoms. The van der Waals surface area contributed by atoms with Gasteiger partial charge in [-0.05, 0) is 25.1 Å². The molecule has 22 heavy (non-hydrogen) atoms. The average Bonchev–Trinajstić information content (AvgIpc) is 2.46. The summed E-state index contributed by atoms with van der Waals surface area (Å²) in [5.74, 6) is -0.151. The molecule has 1 atom stereocenters. The van der Waals surface area contributed by atoms with E-state index in [-0.39, 0.29) is 16.9 Å². The highest BCUT2D eigenvalue weighted by molar-refractivity contribution is 7.90. The molecule has 1 amide bonds. The summed E-state index contributed by atoms with van der Waals surface area (Å²) in [4.78, 5) is 16.5. The molecule has 122 valence electrons. The molecule has 0 spiro atoms. The molecule has 1 fully saturated rings. The zero-order chi connectivity index (χ0) is 16.3. The zero-order valence-electron chi connectivity index (χ0n) is 12.9. The van der Waals surface area contributed by atoms with E-state index in [1.54, 1.807) is 24.0 Å². The Labute approximate surface area is 131 Å². The number of aliphatic hydroxyl groups excluding tert-OH is 1. The van der Waals surface area contributed by atoms with Crippen LogP contribution in [0.15, 0.2) is 29.2 Å². The summed E-state index contributed by atoms with van der Waals surface area (Å²) >= 11 is 0. The summed E-state index contributed by atoms with van der Waals surface area (Å²) in [5, 5.41) is 9.39. The third-order valence-electron chi connectivity index (χ3n) is 3.69. The minimum atomic E-state index is -3.32. The van der Waals surface area contributed by atoms with Gasteiger partial charge in [0, 0.05) is 44.5 Å². The molecule has 1 saturated heterocycles. The van der Waals surface area contributed by atoms with Crippen molar-refractivity contribution >= 4 is 15.7 Å². The molecule has 0 unspecified atom stereocenters. The molecule has 1 N–H and O–H groups in total. The van der Waals surface area contributed by atoms with Crippen molar-refractivity contribution in [1.82, 2.24) is 9.80 Å². The Kier molecular flexibility index (Phi) is 5.20. The Bertz CT molecular complexity index is 635. The summed E-state index contributed by atoms with van der Waals surface area (Å²) in [6.07, 6.45) is 0.750. The van der Waals surface area contributed by atoms with Crippen LogP contribution in [0.5, 0.6) is 0 Å². The van der Waals surface area contributed by atoms with Crippen LogP contribution in [0.4, 0.5) is 0 Å². The van der Waals surface area contributed by atoms with Crippen LogP contribution in [0.3, 0.4) is 0 Å². The van der Waals surface area contributed by atoms with Gasteiger partial charge in [-0.3, -0.25) is 9.69 Å². The predicted molar refractivity (Wildman–Crippen MR) is 83.6 cm³/mol. The molecular weight excluding hydrogens is 304 g/mol. The number of carbonyl (C=O) groups is 1. The van der Waals surface area contributed by atoms with E-state index in [2.05, 4.69) is 4.90 Å². The number of benzene rings is 1. The molecule has 6 nitrogen and oxygen atoms in total. The van der Waals surface area contributed by atoms with Crippen LogP contribution in [0, 0.1) is 0 Å². The number of hydrogen-bond donors (Lipinski definition) is 1. The van der Waals surface area contributed by atoms with E-state index in [0.717, 1.165) is 6.26 Å². The molecule has 1 aromatic carbocycles. The van der Waals surface area contributed by atoms with Gasteiger partial charge in [-0.2, -0.15) is 0 Å². The van der Waals surface area contributed by atoms with E-state index < -0.39 is 9.84 Å². The normalized spacial score (nSPS) is 18.2. The van der Waals surface area contributed by atoms with Gasteiger partial charge in [0.2, 0.25) is 0 Å². The van der Waals surface area contributed by atoms with Gasteiger partial charge < -0.3 is 10.0 Å². The molecule has 0 radical (unpaired) electrons. The van der Waals surface area contributed by atoms with Crippen LogP contribution < -0.4 is 0 Å². The average molecular weight is 326 g/mol. The number of sulfone groups is 1. The molecule has 2 rings (SSSR count). The van der Waals surface area contributed by atoms with Crippen LogP contribution in [-0.4, -0.2) is 74.3 Å². The molecule has 0 aliphatic carbocycles. The summed E-state index contributed by atoms with van der Waals surface area (Å²) in [6, 6.07) is 6.15. The van der Waals surface area contributed by atoms with E-state index in [0.29, 0.717) is 38.3 Å². The second kappa shape index (κ2) is 6.76. The van der Waals surface area contributed by atoms with E-state index in [9.17, 15) is 18.3 Å². The first-order valence-corrected chi connectivity index (χ1v) is 9.16. The number of hydrogen-bond acceptors (Lipinski definition) is 5. The van der Waals surface area contributed by atoms with Crippen molar-refractivity contribution < 1.29 is 18.3 Å². The molecule has 1 aliphatic heterocycles. The maximum absolute atomic E-state index is 12.5. The van der Waals surface area contributed by atoms with E-state index in [1.165, 1.54) is 12.1 Å². The van der Waals surface area contributed by atoms with Gasteiger partial charge in [0.25, 0.3) is 5.91 Å². The predicted octanol–water partition coefficient (Wildman–Crippen LogP) is 0.229. The third kappa shape index (κ3) is 4.28. The van der Waals surface area contributed by atoms with Crippen LogP contribution in [-0.2, 0) is 9.84 Å². The molecule has 1 heterocycles. The van der Waals surface area contributed by atoms with Crippen molar-refractivity contribution in [2.45, 2.75) is 17.9 Å². The van der Waals surface area contributed by atoms with Crippen molar-refractivity contribution in [3.63, 3.8) is 0 Å². The summed E-state index contributed by atoms with van der Waals surface area (Å²) in [6.45, 7) is 4.92. The van der Waals surface area contributed by atoms with Crippen LogP contribution >= 0.6 is 0 Å².